The minimum Gasteiger partial charge on any atom is -0.396 e. The molecule has 4 rings (SSSR count). The Balaban J connectivity index is 1.65. The van der Waals surface area contributed by atoms with Crippen LogP contribution in [-0.4, -0.2) is 39.4 Å². The third-order valence-electron chi connectivity index (χ3n) is 10.4. The third kappa shape index (κ3) is 3.65. The van der Waals surface area contributed by atoms with Crippen molar-refractivity contribution in [3.8, 4) is 0 Å². The lowest BCUT2D eigenvalue weighted by Gasteiger charge is -2.59. The molecule has 0 amide bonds. The Kier molecular flexibility index (Phi) is 6.31. The van der Waals surface area contributed by atoms with E-state index in [0.717, 1.165) is 32.1 Å². The van der Waals surface area contributed by atoms with Crippen LogP contribution in [0, 0.1) is 46.3 Å². The van der Waals surface area contributed by atoms with Crippen molar-refractivity contribution in [1.82, 2.24) is 0 Å². The zero-order valence-electron chi connectivity index (χ0n) is 20.7. The molecule has 9 atom stereocenters. The van der Waals surface area contributed by atoms with E-state index in [2.05, 4.69) is 33.8 Å². The zero-order chi connectivity index (χ0) is 23.5. The van der Waals surface area contributed by atoms with Gasteiger partial charge in [0.25, 0.3) is 0 Å². The topological polar surface area (TPSA) is 77.8 Å². The maximum Gasteiger partial charge on any atom is 0.155 e. The highest BCUT2D eigenvalue weighted by Crippen LogP contribution is 2.67. The second kappa shape index (κ2) is 8.36. The summed E-state index contributed by atoms with van der Waals surface area (Å²) in [7, 11) is 0. The second-order valence-electron chi connectivity index (χ2n) is 12.4. The molecule has 0 aromatic carbocycles. The first kappa shape index (κ1) is 24.2. The Labute approximate surface area is 194 Å². The lowest BCUT2D eigenvalue weighted by Crippen LogP contribution is -2.56. The summed E-state index contributed by atoms with van der Waals surface area (Å²) >= 11 is 0. The molecule has 3 saturated carbocycles. The molecule has 0 heterocycles. The first-order valence-corrected chi connectivity index (χ1v) is 12.9. The molecule has 4 aliphatic carbocycles. The zero-order valence-corrected chi connectivity index (χ0v) is 20.7. The first-order chi connectivity index (χ1) is 15.0. The van der Waals surface area contributed by atoms with Gasteiger partial charge in [-0.05, 0) is 86.5 Å². The van der Waals surface area contributed by atoms with Crippen LogP contribution in [0.5, 0.6) is 0 Å². The molecule has 2 unspecified atom stereocenters. The maximum absolute atomic E-state index is 12.1. The number of ketones is 1. The molecule has 0 saturated heterocycles. The molecule has 0 aromatic heterocycles. The van der Waals surface area contributed by atoms with Gasteiger partial charge in [0.2, 0.25) is 0 Å². The van der Waals surface area contributed by atoms with Crippen LogP contribution >= 0.6 is 0 Å². The predicted molar refractivity (Wildman–Crippen MR) is 127 cm³/mol. The highest BCUT2D eigenvalue weighted by Gasteiger charge is 2.65. The number of hydrogen-bond acceptors (Lipinski definition) is 4. The standard InChI is InChI=1S/C28H44O4/c1-17(2)18(3)8-12-27(5,32)25-24(31)15-23-21-7-6-19-14-20(30)9-11-26(19,4)22(21)10-13-28(23,25)16-29/h8,12,14,17-18,21-25,29,31-32H,6-7,9-11,13,15-16H2,1-5H3/b12-8+/t18?,21-,22+,23+,24+,25-,26+,27?,28-/m1/s1. The van der Waals surface area contributed by atoms with Gasteiger partial charge < -0.3 is 15.3 Å². The molecule has 0 radical (unpaired) electrons. The van der Waals surface area contributed by atoms with Gasteiger partial charge in [0, 0.05) is 24.4 Å². The fourth-order valence-corrected chi connectivity index (χ4v) is 8.32. The Bertz CT molecular complexity index is 795. The molecule has 0 spiro atoms. The van der Waals surface area contributed by atoms with E-state index in [1.54, 1.807) is 0 Å². The van der Waals surface area contributed by atoms with E-state index in [0.29, 0.717) is 36.5 Å². The summed E-state index contributed by atoms with van der Waals surface area (Å²) in [6.45, 7) is 10.7. The molecule has 3 fully saturated rings. The highest BCUT2D eigenvalue weighted by atomic mass is 16.3. The van der Waals surface area contributed by atoms with Gasteiger partial charge in [0.15, 0.2) is 5.78 Å². The molecule has 4 aliphatic rings. The van der Waals surface area contributed by atoms with Gasteiger partial charge in [-0.1, -0.05) is 45.4 Å². The smallest absolute Gasteiger partial charge is 0.155 e. The fraction of sp³-hybridized carbons (Fsp3) is 0.821. The minimum atomic E-state index is -1.16. The van der Waals surface area contributed by atoms with Crippen molar-refractivity contribution in [2.75, 3.05) is 6.61 Å². The van der Waals surface area contributed by atoms with Crippen molar-refractivity contribution in [1.29, 1.82) is 0 Å². The number of rotatable bonds is 5. The Morgan fingerprint density at radius 2 is 1.91 bits per heavy atom. The van der Waals surface area contributed by atoms with Crippen molar-refractivity contribution < 1.29 is 20.1 Å². The van der Waals surface area contributed by atoms with Crippen LogP contribution < -0.4 is 0 Å². The number of fused-ring (bicyclic) bond motifs is 5. The summed E-state index contributed by atoms with van der Waals surface area (Å²) < 4.78 is 0. The summed E-state index contributed by atoms with van der Waals surface area (Å²) in [6, 6.07) is 0. The minimum absolute atomic E-state index is 0.0181. The van der Waals surface area contributed by atoms with Gasteiger partial charge in [-0.15, -0.1) is 0 Å². The van der Waals surface area contributed by atoms with Crippen molar-refractivity contribution in [2.24, 2.45) is 46.3 Å². The molecule has 32 heavy (non-hydrogen) atoms. The van der Waals surface area contributed by atoms with E-state index in [1.165, 1.54) is 5.57 Å². The average Bonchev–Trinajstić information content (AvgIpc) is 3.05. The Hall–Kier alpha value is -0.970. The Morgan fingerprint density at radius 3 is 2.56 bits per heavy atom. The van der Waals surface area contributed by atoms with Crippen molar-refractivity contribution in [3.05, 3.63) is 23.8 Å². The lowest BCUT2D eigenvalue weighted by molar-refractivity contribution is -0.132. The molecule has 4 heteroatoms. The van der Waals surface area contributed by atoms with Crippen LogP contribution in [0.1, 0.15) is 79.6 Å². The number of hydrogen-bond donors (Lipinski definition) is 3. The van der Waals surface area contributed by atoms with Crippen LogP contribution in [0.2, 0.25) is 0 Å². The van der Waals surface area contributed by atoms with E-state index in [4.69, 9.17) is 0 Å². The van der Waals surface area contributed by atoms with Gasteiger partial charge in [-0.2, -0.15) is 0 Å². The third-order valence-corrected chi connectivity index (χ3v) is 10.4. The largest absolute Gasteiger partial charge is 0.396 e. The molecule has 4 nitrogen and oxygen atoms in total. The summed E-state index contributed by atoms with van der Waals surface area (Å²) in [5, 5.41) is 33.7. The average molecular weight is 445 g/mol. The first-order valence-electron chi connectivity index (χ1n) is 12.9. The lowest BCUT2D eigenvalue weighted by atomic mass is 9.46. The van der Waals surface area contributed by atoms with Crippen LogP contribution in [0.3, 0.4) is 0 Å². The number of carbonyl (C=O) groups is 1. The molecule has 0 aliphatic heterocycles. The van der Waals surface area contributed by atoms with Crippen molar-refractivity contribution >= 4 is 5.78 Å². The summed E-state index contributed by atoms with van der Waals surface area (Å²) in [5.41, 5.74) is -0.207. The predicted octanol–water partition coefficient (Wildman–Crippen LogP) is 4.68. The van der Waals surface area contributed by atoms with Gasteiger partial charge >= 0.3 is 0 Å². The summed E-state index contributed by atoms with van der Waals surface area (Å²) in [4.78, 5) is 12.1. The molecular weight excluding hydrogens is 400 g/mol. The molecule has 3 N–H and O–H groups in total. The normalized spacial score (nSPS) is 44.6. The van der Waals surface area contributed by atoms with Crippen molar-refractivity contribution in [3.63, 3.8) is 0 Å². The van der Waals surface area contributed by atoms with Gasteiger partial charge in [0.05, 0.1) is 11.7 Å². The number of aliphatic hydroxyl groups is 3. The summed E-state index contributed by atoms with van der Waals surface area (Å²) in [6.07, 6.45) is 11.3. The maximum atomic E-state index is 12.1. The Morgan fingerprint density at radius 1 is 1.19 bits per heavy atom. The molecule has 0 bridgehead atoms. The van der Waals surface area contributed by atoms with Gasteiger partial charge in [-0.25, -0.2) is 0 Å². The van der Waals surface area contributed by atoms with E-state index in [1.807, 2.05) is 19.1 Å². The number of carbonyl (C=O) groups excluding carboxylic acids is 1. The fourth-order valence-electron chi connectivity index (χ4n) is 8.32. The van der Waals surface area contributed by atoms with Gasteiger partial charge in [0.1, 0.15) is 0 Å². The van der Waals surface area contributed by atoms with Crippen molar-refractivity contribution in [2.45, 2.75) is 91.3 Å². The van der Waals surface area contributed by atoms with E-state index in [-0.39, 0.29) is 29.6 Å². The van der Waals surface area contributed by atoms with E-state index in [9.17, 15) is 20.1 Å². The monoisotopic (exact) mass is 444 g/mol. The second-order valence-corrected chi connectivity index (χ2v) is 12.4. The molecule has 180 valence electrons. The molecular formula is C28H44O4. The number of aliphatic hydroxyl groups excluding tert-OH is 2. The summed E-state index contributed by atoms with van der Waals surface area (Å²) in [5.74, 6) is 1.87. The number of allylic oxidation sites excluding steroid dienone is 2. The SMILES string of the molecule is CC(C)C(C)/C=C/C(C)(O)[C@H]1[C@@H](O)C[C@H]2[C@@H]3CCC4=CC(=O)CC[C@]4(C)[C@H]3CC[C@]12CO. The van der Waals surface area contributed by atoms with Crippen LogP contribution in [0.15, 0.2) is 23.8 Å². The molecule has 0 aromatic rings. The van der Waals surface area contributed by atoms with Crippen LogP contribution in [0.4, 0.5) is 0 Å². The van der Waals surface area contributed by atoms with Crippen LogP contribution in [0.25, 0.3) is 0 Å². The van der Waals surface area contributed by atoms with Gasteiger partial charge in [-0.3, -0.25) is 4.79 Å². The van der Waals surface area contributed by atoms with E-state index < -0.39 is 17.1 Å². The van der Waals surface area contributed by atoms with E-state index >= 15 is 0 Å². The highest BCUT2D eigenvalue weighted by molar-refractivity contribution is 5.91. The van der Waals surface area contributed by atoms with Crippen LogP contribution in [-0.2, 0) is 4.79 Å². The quantitative estimate of drug-likeness (QED) is 0.538.